The number of nitrogens with one attached hydrogen (secondary N) is 2. The summed E-state index contributed by atoms with van der Waals surface area (Å²) in [6.07, 6.45) is 10.9. The highest BCUT2D eigenvalue weighted by Crippen LogP contribution is 2.39. The van der Waals surface area contributed by atoms with Crippen LogP contribution >= 0.6 is 11.3 Å². The zero-order valence-electron chi connectivity index (χ0n) is 17.1. The van der Waals surface area contributed by atoms with Crippen molar-refractivity contribution in [2.24, 2.45) is 5.92 Å². The lowest BCUT2D eigenvalue weighted by atomic mass is 9.82. The van der Waals surface area contributed by atoms with Crippen molar-refractivity contribution in [2.75, 3.05) is 5.32 Å². The van der Waals surface area contributed by atoms with E-state index in [2.05, 4.69) is 15.6 Å². The van der Waals surface area contributed by atoms with Crippen LogP contribution in [0.15, 0.2) is 30.5 Å². The van der Waals surface area contributed by atoms with Crippen LogP contribution in [0.1, 0.15) is 68.7 Å². The number of anilines is 1. The van der Waals surface area contributed by atoms with Crippen LogP contribution in [0.3, 0.4) is 0 Å². The molecule has 2 aromatic rings. The van der Waals surface area contributed by atoms with Crippen LogP contribution in [-0.4, -0.2) is 28.1 Å². The number of thiazole rings is 1. The average molecular weight is 428 g/mol. The number of urea groups is 1. The summed E-state index contributed by atoms with van der Waals surface area (Å²) in [6, 6.07) is 8.02. The molecule has 2 amide bonds. The molecule has 0 unspecified atom stereocenters. The molecule has 7 heteroatoms. The Labute approximate surface area is 181 Å². The van der Waals surface area contributed by atoms with Gasteiger partial charge in [0.05, 0.1) is 15.8 Å². The molecule has 2 aliphatic rings. The topological polar surface area (TPSA) is 91.3 Å². The summed E-state index contributed by atoms with van der Waals surface area (Å²) in [6.45, 7) is 0. The second-order valence-corrected chi connectivity index (χ2v) is 9.52. The first kappa shape index (κ1) is 20.8. The number of carbonyl (C=O) groups excluding carboxylic acids is 1. The van der Waals surface area contributed by atoms with Gasteiger partial charge in [-0.2, -0.15) is 0 Å². The Morgan fingerprint density at radius 2 is 1.67 bits per heavy atom. The van der Waals surface area contributed by atoms with E-state index >= 15 is 0 Å². The summed E-state index contributed by atoms with van der Waals surface area (Å²) in [4.78, 5) is 29.1. The number of carboxylic acids is 1. The summed E-state index contributed by atoms with van der Waals surface area (Å²) in [5, 5.41) is 16.3. The molecule has 2 aliphatic carbocycles. The van der Waals surface area contributed by atoms with Crippen molar-refractivity contribution < 1.29 is 14.7 Å². The minimum atomic E-state index is -0.672. The van der Waals surface area contributed by atoms with Gasteiger partial charge in [-0.15, -0.1) is 11.3 Å². The maximum Gasteiger partial charge on any atom is 0.319 e. The van der Waals surface area contributed by atoms with Gasteiger partial charge in [0.15, 0.2) is 0 Å². The number of carbonyl (C=O) groups is 2. The second kappa shape index (κ2) is 9.60. The monoisotopic (exact) mass is 427 g/mol. The molecule has 160 valence electrons. The van der Waals surface area contributed by atoms with Gasteiger partial charge in [0.25, 0.3) is 0 Å². The summed E-state index contributed by atoms with van der Waals surface area (Å²) in [5.74, 6) is -0.505. The quantitative estimate of drug-likeness (QED) is 0.577. The van der Waals surface area contributed by atoms with E-state index in [4.69, 9.17) is 5.11 Å². The molecule has 1 aromatic carbocycles. The third-order valence-electron chi connectivity index (χ3n) is 6.32. The van der Waals surface area contributed by atoms with Gasteiger partial charge in [-0.05, 0) is 56.2 Å². The number of rotatable bonds is 5. The van der Waals surface area contributed by atoms with Crippen molar-refractivity contribution in [3.63, 3.8) is 0 Å². The number of benzene rings is 1. The SMILES string of the molecule is O=C(Nc1ccc(-c2cnc(C3CCC(C(=O)O)CC3)s2)cc1)NC1CCCCC1. The molecule has 2 saturated carbocycles. The highest BCUT2D eigenvalue weighted by Gasteiger charge is 2.28. The third kappa shape index (κ3) is 5.19. The predicted molar refractivity (Wildman–Crippen MR) is 119 cm³/mol. The molecule has 0 spiro atoms. The summed E-state index contributed by atoms with van der Waals surface area (Å²) in [5.41, 5.74) is 1.86. The average Bonchev–Trinajstić information content (AvgIpc) is 3.25. The Morgan fingerprint density at radius 3 is 2.33 bits per heavy atom. The Hall–Kier alpha value is -2.41. The van der Waals surface area contributed by atoms with Crippen LogP contribution in [-0.2, 0) is 4.79 Å². The molecule has 6 nitrogen and oxygen atoms in total. The number of nitrogens with zero attached hydrogens (tertiary/aromatic N) is 1. The van der Waals surface area contributed by atoms with Crippen molar-refractivity contribution in [1.82, 2.24) is 10.3 Å². The largest absolute Gasteiger partial charge is 0.481 e. The fourth-order valence-corrected chi connectivity index (χ4v) is 5.61. The number of carboxylic acid groups (broad SMARTS) is 1. The van der Waals surface area contributed by atoms with Crippen molar-refractivity contribution >= 4 is 29.0 Å². The number of hydrogen-bond donors (Lipinski definition) is 3. The van der Waals surface area contributed by atoms with Crippen LogP contribution in [0.5, 0.6) is 0 Å². The first-order valence-corrected chi connectivity index (χ1v) is 11.8. The lowest BCUT2D eigenvalue weighted by Gasteiger charge is -2.24. The molecule has 0 bridgehead atoms. The number of aromatic nitrogens is 1. The Balaban J connectivity index is 1.32. The van der Waals surface area contributed by atoms with Crippen molar-refractivity contribution in [3.8, 4) is 10.4 Å². The van der Waals surface area contributed by atoms with Crippen molar-refractivity contribution in [2.45, 2.75) is 69.7 Å². The molecular formula is C23H29N3O3S. The van der Waals surface area contributed by atoms with Crippen LogP contribution in [0.25, 0.3) is 10.4 Å². The zero-order valence-corrected chi connectivity index (χ0v) is 17.9. The van der Waals surface area contributed by atoms with E-state index in [-0.39, 0.29) is 11.9 Å². The molecule has 0 saturated heterocycles. The predicted octanol–water partition coefficient (Wildman–Crippen LogP) is 5.62. The highest BCUT2D eigenvalue weighted by atomic mass is 32.1. The highest BCUT2D eigenvalue weighted by molar-refractivity contribution is 7.15. The molecular weight excluding hydrogens is 398 g/mol. The molecule has 4 rings (SSSR count). The molecule has 3 N–H and O–H groups in total. The maximum absolute atomic E-state index is 12.2. The van der Waals surface area contributed by atoms with Crippen LogP contribution < -0.4 is 10.6 Å². The van der Waals surface area contributed by atoms with E-state index in [1.807, 2.05) is 30.5 Å². The summed E-state index contributed by atoms with van der Waals surface area (Å²) >= 11 is 1.69. The van der Waals surface area contributed by atoms with Gasteiger partial charge >= 0.3 is 12.0 Å². The van der Waals surface area contributed by atoms with E-state index in [0.29, 0.717) is 12.0 Å². The maximum atomic E-state index is 12.2. The van der Waals surface area contributed by atoms with Gasteiger partial charge < -0.3 is 15.7 Å². The fourth-order valence-electron chi connectivity index (χ4n) is 4.51. The Bertz CT molecular complexity index is 866. The second-order valence-electron chi connectivity index (χ2n) is 8.46. The third-order valence-corrected chi connectivity index (χ3v) is 7.53. The molecule has 2 fully saturated rings. The summed E-state index contributed by atoms with van der Waals surface area (Å²) < 4.78 is 0. The van der Waals surface area contributed by atoms with E-state index in [9.17, 15) is 9.59 Å². The lowest BCUT2D eigenvalue weighted by Crippen LogP contribution is -2.38. The van der Waals surface area contributed by atoms with E-state index in [1.54, 1.807) is 11.3 Å². The van der Waals surface area contributed by atoms with Crippen LogP contribution in [0.2, 0.25) is 0 Å². The van der Waals surface area contributed by atoms with Crippen molar-refractivity contribution in [1.29, 1.82) is 0 Å². The van der Waals surface area contributed by atoms with Crippen molar-refractivity contribution in [3.05, 3.63) is 35.5 Å². The van der Waals surface area contributed by atoms with Crippen LogP contribution in [0.4, 0.5) is 10.5 Å². The number of aliphatic carboxylic acids is 1. The normalized spacial score (nSPS) is 22.4. The van der Waals surface area contributed by atoms with Gasteiger partial charge in [-0.3, -0.25) is 4.79 Å². The smallest absolute Gasteiger partial charge is 0.319 e. The molecule has 1 aromatic heterocycles. The first-order valence-electron chi connectivity index (χ1n) is 10.9. The molecule has 0 atom stereocenters. The number of amides is 2. The van der Waals surface area contributed by atoms with Gasteiger partial charge in [0.2, 0.25) is 0 Å². The molecule has 30 heavy (non-hydrogen) atoms. The van der Waals surface area contributed by atoms with E-state index in [0.717, 1.165) is 59.7 Å². The summed E-state index contributed by atoms with van der Waals surface area (Å²) in [7, 11) is 0. The lowest BCUT2D eigenvalue weighted by molar-refractivity contribution is -0.142. The van der Waals surface area contributed by atoms with Gasteiger partial charge in [0, 0.05) is 23.8 Å². The fraction of sp³-hybridized carbons (Fsp3) is 0.522. The van der Waals surface area contributed by atoms with Gasteiger partial charge in [-0.25, -0.2) is 9.78 Å². The van der Waals surface area contributed by atoms with E-state index in [1.165, 1.54) is 19.3 Å². The molecule has 1 heterocycles. The Morgan fingerprint density at radius 1 is 0.967 bits per heavy atom. The zero-order chi connectivity index (χ0) is 20.9. The minimum absolute atomic E-state index is 0.133. The molecule has 0 aliphatic heterocycles. The van der Waals surface area contributed by atoms with Crippen LogP contribution in [0, 0.1) is 5.92 Å². The number of hydrogen-bond acceptors (Lipinski definition) is 4. The minimum Gasteiger partial charge on any atom is -0.481 e. The van der Waals surface area contributed by atoms with E-state index < -0.39 is 5.97 Å². The molecule has 0 radical (unpaired) electrons. The van der Waals surface area contributed by atoms with Gasteiger partial charge in [0.1, 0.15) is 0 Å². The first-order chi connectivity index (χ1) is 14.6. The standard InChI is InChI=1S/C23H29N3O3S/c27-22(28)17-8-6-16(7-9-17)21-24-14-20(30-21)15-10-12-19(13-11-15)26-23(29)25-18-4-2-1-3-5-18/h10-14,16-18H,1-9H2,(H,27,28)(H2,25,26,29). The Kier molecular flexibility index (Phi) is 6.67. The van der Waals surface area contributed by atoms with Gasteiger partial charge in [-0.1, -0.05) is 31.4 Å².